The van der Waals surface area contributed by atoms with Gasteiger partial charge in [0.05, 0.1) is 12.1 Å². The minimum absolute atomic E-state index is 0.00159. The summed E-state index contributed by atoms with van der Waals surface area (Å²) in [5, 5.41) is 4.41. The number of hydrogen-bond donors (Lipinski definition) is 2. The third-order valence-corrected chi connectivity index (χ3v) is 3.15. The van der Waals surface area contributed by atoms with Gasteiger partial charge in [-0.1, -0.05) is 24.3 Å². The van der Waals surface area contributed by atoms with Crippen LogP contribution >= 0.6 is 0 Å². The number of nitrogens with one attached hydrogen (secondary N) is 1. The van der Waals surface area contributed by atoms with Crippen LogP contribution in [0.4, 0.5) is 5.69 Å². The summed E-state index contributed by atoms with van der Waals surface area (Å²) in [5.41, 5.74) is 6.77. The van der Waals surface area contributed by atoms with Gasteiger partial charge in [-0.25, -0.2) is 0 Å². The topological polar surface area (TPSA) is 75.4 Å². The molecule has 0 aliphatic rings. The van der Waals surface area contributed by atoms with E-state index in [1.165, 1.54) is 11.9 Å². The zero-order chi connectivity index (χ0) is 14.7. The van der Waals surface area contributed by atoms with Crippen molar-refractivity contribution in [3.63, 3.8) is 0 Å². The molecular weight excluding hydrogens is 254 g/mol. The highest BCUT2D eigenvalue weighted by Gasteiger charge is 2.17. The predicted octanol–water partition coefficient (Wildman–Crippen LogP) is 1.24. The molecule has 2 amide bonds. The van der Waals surface area contributed by atoms with Gasteiger partial charge < -0.3 is 16.0 Å². The minimum atomic E-state index is -0.267. The fourth-order valence-corrected chi connectivity index (χ4v) is 2.02. The third kappa shape index (κ3) is 2.71. The number of rotatable bonds is 3. The molecule has 0 heterocycles. The van der Waals surface area contributed by atoms with Crippen molar-refractivity contribution in [2.75, 3.05) is 26.4 Å². The van der Waals surface area contributed by atoms with Crippen LogP contribution < -0.4 is 11.1 Å². The van der Waals surface area contributed by atoms with Crippen molar-refractivity contribution in [2.45, 2.75) is 0 Å². The Hall–Kier alpha value is -2.56. The second kappa shape index (κ2) is 5.61. The van der Waals surface area contributed by atoms with E-state index in [9.17, 15) is 9.59 Å². The largest absolute Gasteiger partial charge is 0.398 e. The van der Waals surface area contributed by atoms with Crippen LogP contribution in [0.1, 0.15) is 10.4 Å². The lowest BCUT2D eigenvalue weighted by molar-refractivity contribution is -0.121. The Labute approximate surface area is 117 Å². The van der Waals surface area contributed by atoms with Crippen molar-refractivity contribution in [2.24, 2.45) is 0 Å². The molecule has 0 aliphatic carbocycles. The fourth-order valence-electron chi connectivity index (χ4n) is 2.02. The number of nitrogens with zero attached hydrogens (tertiary/aromatic N) is 1. The van der Waals surface area contributed by atoms with Crippen molar-refractivity contribution in [1.82, 2.24) is 10.2 Å². The van der Waals surface area contributed by atoms with E-state index in [-0.39, 0.29) is 18.4 Å². The molecule has 0 fully saturated rings. The predicted molar refractivity (Wildman–Crippen MR) is 79.4 cm³/mol. The third-order valence-electron chi connectivity index (χ3n) is 3.15. The number of fused-ring (bicyclic) bond motifs is 1. The summed E-state index contributed by atoms with van der Waals surface area (Å²) in [6.07, 6.45) is 0. The monoisotopic (exact) mass is 271 g/mol. The fraction of sp³-hybridized carbons (Fsp3) is 0.200. The van der Waals surface area contributed by atoms with Crippen LogP contribution in [0.15, 0.2) is 36.4 Å². The SMILES string of the molecule is CNC(=O)CN(C)C(=O)c1cc2ccccc2cc1N. The molecule has 2 aromatic carbocycles. The van der Waals surface area contributed by atoms with Crippen molar-refractivity contribution >= 4 is 28.3 Å². The van der Waals surface area contributed by atoms with Crippen molar-refractivity contribution in [1.29, 1.82) is 0 Å². The molecule has 0 aliphatic heterocycles. The molecule has 5 heteroatoms. The van der Waals surface area contributed by atoms with E-state index in [0.717, 1.165) is 10.8 Å². The molecule has 5 nitrogen and oxygen atoms in total. The molecular formula is C15H17N3O2. The Balaban J connectivity index is 2.34. The molecule has 2 rings (SSSR count). The molecule has 104 valence electrons. The maximum absolute atomic E-state index is 12.3. The van der Waals surface area contributed by atoms with Crippen molar-refractivity contribution in [3.05, 3.63) is 42.0 Å². The number of carbonyl (C=O) groups is 2. The number of benzene rings is 2. The first-order valence-electron chi connectivity index (χ1n) is 6.27. The van der Waals surface area contributed by atoms with Crippen LogP contribution in [0.3, 0.4) is 0 Å². The van der Waals surface area contributed by atoms with Crippen LogP contribution in [0, 0.1) is 0 Å². The first-order valence-corrected chi connectivity index (χ1v) is 6.27. The number of amides is 2. The van der Waals surface area contributed by atoms with Gasteiger partial charge in [-0.2, -0.15) is 0 Å². The van der Waals surface area contributed by atoms with Crippen LogP contribution in [0.25, 0.3) is 10.8 Å². The summed E-state index contributed by atoms with van der Waals surface area (Å²) in [4.78, 5) is 25.0. The van der Waals surface area contributed by atoms with Gasteiger partial charge in [-0.3, -0.25) is 9.59 Å². The van der Waals surface area contributed by atoms with E-state index in [2.05, 4.69) is 5.32 Å². The molecule has 0 saturated carbocycles. The smallest absolute Gasteiger partial charge is 0.256 e. The number of carbonyl (C=O) groups excluding carboxylic acids is 2. The number of nitrogens with two attached hydrogens (primary N) is 1. The van der Waals surface area contributed by atoms with E-state index in [1.807, 2.05) is 24.3 Å². The lowest BCUT2D eigenvalue weighted by Crippen LogP contribution is -2.37. The van der Waals surface area contributed by atoms with Gasteiger partial charge >= 0.3 is 0 Å². The average molecular weight is 271 g/mol. The molecule has 0 aromatic heterocycles. The number of hydrogen-bond acceptors (Lipinski definition) is 3. The van der Waals surface area contributed by atoms with Gasteiger partial charge in [0.2, 0.25) is 5.91 Å². The Morgan fingerprint density at radius 2 is 1.80 bits per heavy atom. The maximum atomic E-state index is 12.3. The van der Waals surface area contributed by atoms with Gasteiger partial charge in [0.25, 0.3) is 5.91 Å². The normalized spacial score (nSPS) is 10.3. The Morgan fingerprint density at radius 3 is 2.40 bits per heavy atom. The average Bonchev–Trinajstić information content (AvgIpc) is 2.45. The standard InChI is InChI=1S/C15H17N3O2/c1-17-14(19)9-18(2)15(20)12-7-10-5-3-4-6-11(10)8-13(12)16/h3-8H,9,16H2,1-2H3,(H,17,19). The number of likely N-dealkylation sites (N-methyl/N-ethyl adjacent to an activating group) is 2. The molecule has 0 saturated heterocycles. The van der Waals surface area contributed by atoms with Gasteiger partial charge in [0, 0.05) is 19.8 Å². The molecule has 0 bridgehead atoms. The lowest BCUT2D eigenvalue weighted by Gasteiger charge is -2.17. The van der Waals surface area contributed by atoms with Crippen LogP contribution in [-0.2, 0) is 4.79 Å². The number of anilines is 1. The second-order valence-corrected chi connectivity index (χ2v) is 4.62. The zero-order valence-electron chi connectivity index (χ0n) is 11.5. The lowest BCUT2D eigenvalue weighted by atomic mass is 10.0. The molecule has 20 heavy (non-hydrogen) atoms. The van der Waals surface area contributed by atoms with Crippen LogP contribution in [0.2, 0.25) is 0 Å². The van der Waals surface area contributed by atoms with E-state index >= 15 is 0 Å². The van der Waals surface area contributed by atoms with E-state index in [0.29, 0.717) is 11.3 Å². The molecule has 0 spiro atoms. The van der Waals surface area contributed by atoms with Crippen molar-refractivity contribution < 1.29 is 9.59 Å². The van der Waals surface area contributed by atoms with Gasteiger partial charge in [-0.15, -0.1) is 0 Å². The quantitative estimate of drug-likeness (QED) is 0.825. The Morgan fingerprint density at radius 1 is 1.20 bits per heavy atom. The molecule has 2 aromatic rings. The number of nitrogen functional groups attached to an aromatic ring is 1. The summed E-state index contributed by atoms with van der Waals surface area (Å²) >= 11 is 0. The minimum Gasteiger partial charge on any atom is -0.398 e. The van der Waals surface area contributed by atoms with Crippen LogP contribution in [0.5, 0.6) is 0 Å². The van der Waals surface area contributed by atoms with Gasteiger partial charge in [0.1, 0.15) is 0 Å². The zero-order valence-corrected chi connectivity index (χ0v) is 11.5. The molecule has 0 unspecified atom stereocenters. The van der Waals surface area contributed by atoms with E-state index in [1.54, 1.807) is 19.2 Å². The maximum Gasteiger partial charge on any atom is 0.256 e. The summed E-state index contributed by atoms with van der Waals surface area (Å²) in [6, 6.07) is 11.2. The van der Waals surface area contributed by atoms with E-state index in [4.69, 9.17) is 5.73 Å². The summed E-state index contributed by atoms with van der Waals surface area (Å²) in [5.74, 6) is -0.489. The van der Waals surface area contributed by atoms with Gasteiger partial charge in [0.15, 0.2) is 0 Å². The highest BCUT2D eigenvalue weighted by atomic mass is 16.2. The molecule has 0 radical (unpaired) electrons. The highest BCUT2D eigenvalue weighted by molar-refractivity contribution is 6.04. The first kappa shape index (κ1) is 13.9. The summed E-state index contributed by atoms with van der Waals surface area (Å²) < 4.78 is 0. The Kier molecular flexibility index (Phi) is 3.89. The first-order chi connectivity index (χ1) is 9.52. The van der Waals surface area contributed by atoms with E-state index < -0.39 is 0 Å². The summed E-state index contributed by atoms with van der Waals surface area (Å²) in [6.45, 7) is 0.00159. The van der Waals surface area contributed by atoms with Crippen LogP contribution in [-0.4, -0.2) is 37.4 Å². The van der Waals surface area contributed by atoms with Crippen molar-refractivity contribution in [3.8, 4) is 0 Å². The van der Waals surface area contributed by atoms with Gasteiger partial charge in [-0.05, 0) is 22.9 Å². The molecule has 3 N–H and O–H groups in total. The summed E-state index contributed by atoms with van der Waals surface area (Å²) in [7, 11) is 3.11. The second-order valence-electron chi connectivity index (χ2n) is 4.62. The highest BCUT2D eigenvalue weighted by Crippen LogP contribution is 2.22. The Bertz CT molecular complexity index is 667. The molecule has 0 atom stereocenters.